The summed E-state index contributed by atoms with van der Waals surface area (Å²) in [6.45, 7) is 6.50. The van der Waals surface area contributed by atoms with Gasteiger partial charge >= 0.3 is 0 Å². The fraction of sp³-hybridized carbons (Fsp3) is 0.273. The standard InChI is InChI=1S/C22H24O/c1-16(14-15-19-10-6-4-7-11-19)22-21(17(2)18(3)23-22)20-12-8-5-9-13-20/h4-13,16H,14-15H2,1-3H3. The lowest BCUT2D eigenvalue weighted by Gasteiger charge is -2.12. The Bertz CT molecular complexity index is 753. The van der Waals surface area contributed by atoms with Gasteiger partial charge in [-0.2, -0.15) is 0 Å². The molecular weight excluding hydrogens is 280 g/mol. The Morgan fingerprint density at radius 2 is 1.48 bits per heavy atom. The highest BCUT2D eigenvalue weighted by atomic mass is 16.3. The Labute approximate surface area is 139 Å². The Morgan fingerprint density at radius 1 is 0.870 bits per heavy atom. The van der Waals surface area contributed by atoms with Crippen LogP contribution in [0.2, 0.25) is 0 Å². The Kier molecular flexibility index (Phi) is 4.66. The molecule has 2 aromatic carbocycles. The molecule has 1 nitrogen and oxygen atoms in total. The summed E-state index contributed by atoms with van der Waals surface area (Å²) in [6.07, 6.45) is 2.17. The summed E-state index contributed by atoms with van der Waals surface area (Å²) in [5.74, 6) is 2.56. The van der Waals surface area contributed by atoms with Gasteiger partial charge in [-0.3, -0.25) is 0 Å². The van der Waals surface area contributed by atoms with Crippen molar-refractivity contribution in [1.29, 1.82) is 0 Å². The molecule has 0 spiro atoms. The Morgan fingerprint density at radius 3 is 2.13 bits per heavy atom. The highest BCUT2D eigenvalue weighted by Gasteiger charge is 2.20. The first-order valence-electron chi connectivity index (χ1n) is 8.36. The monoisotopic (exact) mass is 304 g/mol. The van der Waals surface area contributed by atoms with Crippen molar-refractivity contribution in [3.63, 3.8) is 0 Å². The van der Waals surface area contributed by atoms with Crippen molar-refractivity contribution >= 4 is 0 Å². The van der Waals surface area contributed by atoms with Crippen LogP contribution < -0.4 is 0 Å². The molecule has 3 aromatic rings. The van der Waals surface area contributed by atoms with Crippen molar-refractivity contribution < 1.29 is 4.42 Å². The van der Waals surface area contributed by atoms with E-state index in [9.17, 15) is 0 Å². The van der Waals surface area contributed by atoms with Crippen molar-refractivity contribution in [1.82, 2.24) is 0 Å². The van der Waals surface area contributed by atoms with Gasteiger partial charge in [0, 0.05) is 11.5 Å². The number of hydrogen-bond acceptors (Lipinski definition) is 1. The molecule has 1 atom stereocenters. The predicted octanol–water partition coefficient (Wildman–Crippen LogP) is 6.30. The molecule has 0 bridgehead atoms. The quantitative estimate of drug-likeness (QED) is 0.539. The lowest BCUT2D eigenvalue weighted by molar-refractivity contribution is 0.443. The molecule has 1 heterocycles. The highest BCUT2D eigenvalue weighted by Crippen LogP contribution is 2.37. The summed E-state index contributed by atoms with van der Waals surface area (Å²) in [7, 11) is 0. The van der Waals surface area contributed by atoms with E-state index in [2.05, 4.69) is 81.4 Å². The van der Waals surface area contributed by atoms with Gasteiger partial charge in [0.15, 0.2) is 0 Å². The van der Waals surface area contributed by atoms with Crippen LogP contribution in [0.1, 0.15) is 41.9 Å². The van der Waals surface area contributed by atoms with E-state index in [0.29, 0.717) is 5.92 Å². The summed E-state index contributed by atoms with van der Waals surface area (Å²) in [4.78, 5) is 0. The van der Waals surface area contributed by atoms with Crippen LogP contribution in [0.4, 0.5) is 0 Å². The van der Waals surface area contributed by atoms with Crippen LogP contribution >= 0.6 is 0 Å². The minimum atomic E-state index is 0.401. The van der Waals surface area contributed by atoms with Gasteiger partial charge in [-0.05, 0) is 43.4 Å². The largest absolute Gasteiger partial charge is 0.465 e. The number of furan rings is 1. The van der Waals surface area contributed by atoms with Gasteiger partial charge in [0.1, 0.15) is 11.5 Å². The van der Waals surface area contributed by atoms with E-state index < -0.39 is 0 Å². The molecule has 1 heteroatoms. The molecule has 0 fully saturated rings. The molecule has 0 aliphatic rings. The second-order valence-corrected chi connectivity index (χ2v) is 6.31. The third-order valence-corrected chi connectivity index (χ3v) is 4.63. The van der Waals surface area contributed by atoms with Gasteiger partial charge in [-0.1, -0.05) is 67.6 Å². The molecule has 0 radical (unpaired) electrons. The Hall–Kier alpha value is -2.28. The van der Waals surface area contributed by atoms with Crippen molar-refractivity contribution in [2.75, 3.05) is 0 Å². The maximum atomic E-state index is 6.15. The summed E-state index contributed by atoms with van der Waals surface area (Å²) < 4.78 is 6.15. The van der Waals surface area contributed by atoms with E-state index in [1.807, 2.05) is 0 Å². The molecule has 0 aliphatic heterocycles. The first-order chi connectivity index (χ1) is 11.2. The molecule has 0 saturated carbocycles. The lowest BCUT2D eigenvalue weighted by Crippen LogP contribution is -1.97. The molecule has 1 aromatic heterocycles. The molecular formula is C22H24O. The normalized spacial score (nSPS) is 12.3. The molecule has 118 valence electrons. The van der Waals surface area contributed by atoms with Gasteiger partial charge in [0.05, 0.1) is 0 Å². The second-order valence-electron chi connectivity index (χ2n) is 6.31. The molecule has 1 unspecified atom stereocenters. The fourth-order valence-electron chi connectivity index (χ4n) is 3.12. The van der Waals surface area contributed by atoms with Crippen molar-refractivity contribution in [2.24, 2.45) is 0 Å². The average molecular weight is 304 g/mol. The SMILES string of the molecule is Cc1oc(C(C)CCc2ccccc2)c(-c2ccccc2)c1C. The van der Waals surface area contributed by atoms with Crippen LogP contribution in [0.15, 0.2) is 65.1 Å². The van der Waals surface area contributed by atoms with Crippen LogP contribution in [0.25, 0.3) is 11.1 Å². The van der Waals surface area contributed by atoms with Gasteiger partial charge in [-0.15, -0.1) is 0 Å². The molecule has 0 aliphatic carbocycles. The van der Waals surface area contributed by atoms with Crippen LogP contribution in [-0.2, 0) is 6.42 Å². The predicted molar refractivity (Wildman–Crippen MR) is 96.8 cm³/mol. The summed E-state index contributed by atoms with van der Waals surface area (Å²) in [6, 6.07) is 21.3. The van der Waals surface area contributed by atoms with E-state index in [0.717, 1.165) is 24.4 Å². The van der Waals surface area contributed by atoms with E-state index in [4.69, 9.17) is 4.42 Å². The summed E-state index contributed by atoms with van der Waals surface area (Å²) in [5.41, 5.74) is 5.19. The highest BCUT2D eigenvalue weighted by molar-refractivity contribution is 5.70. The van der Waals surface area contributed by atoms with Crippen LogP contribution in [-0.4, -0.2) is 0 Å². The zero-order valence-electron chi connectivity index (χ0n) is 14.2. The molecule has 0 saturated heterocycles. The Balaban J connectivity index is 1.86. The van der Waals surface area contributed by atoms with E-state index in [-0.39, 0.29) is 0 Å². The number of hydrogen-bond donors (Lipinski definition) is 0. The van der Waals surface area contributed by atoms with Gasteiger partial charge in [0.2, 0.25) is 0 Å². The van der Waals surface area contributed by atoms with Crippen molar-refractivity contribution in [3.05, 3.63) is 83.3 Å². The minimum Gasteiger partial charge on any atom is -0.465 e. The lowest BCUT2D eigenvalue weighted by atomic mass is 9.92. The fourth-order valence-corrected chi connectivity index (χ4v) is 3.12. The minimum absolute atomic E-state index is 0.401. The molecule has 23 heavy (non-hydrogen) atoms. The van der Waals surface area contributed by atoms with E-state index >= 15 is 0 Å². The molecule has 3 rings (SSSR count). The van der Waals surface area contributed by atoms with Crippen LogP contribution in [0, 0.1) is 13.8 Å². The number of benzene rings is 2. The third-order valence-electron chi connectivity index (χ3n) is 4.63. The second kappa shape index (κ2) is 6.87. The van der Waals surface area contributed by atoms with Crippen LogP contribution in [0.3, 0.4) is 0 Å². The summed E-state index contributed by atoms with van der Waals surface area (Å²) >= 11 is 0. The molecule has 0 amide bonds. The number of rotatable bonds is 5. The first-order valence-corrected chi connectivity index (χ1v) is 8.36. The molecule has 0 N–H and O–H groups in total. The zero-order valence-corrected chi connectivity index (χ0v) is 14.2. The zero-order chi connectivity index (χ0) is 16.2. The van der Waals surface area contributed by atoms with E-state index in [1.165, 1.54) is 22.3 Å². The third kappa shape index (κ3) is 3.39. The maximum absolute atomic E-state index is 6.15. The van der Waals surface area contributed by atoms with Gasteiger partial charge in [0.25, 0.3) is 0 Å². The van der Waals surface area contributed by atoms with Crippen molar-refractivity contribution in [3.8, 4) is 11.1 Å². The van der Waals surface area contributed by atoms with Gasteiger partial charge < -0.3 is 4.42 Å². The van der Waals surface area contributed by atoms with Crippen molar-refractivity contribution in [2.45, 2.75) is 39.5 Å². The maximum Gasteiger partial charge on any atom is 0.115 e. The smallest absolute Gasteiger partial charge is 0.115 e. The average Bonchev–Trinajstić information content (AvgIpc) is 2.90. The first kappa shape index (κ1) is 15.6. The summed E-state index contributed by atoms with van der Waals surface area (Å²) in [5, 5.41) is 0. The van der Waals surface area contributed by atoms with E-state index in [1.54, 1.807) is 0 Å². The van der Waals surface area contributed by atoms with Gasteiger partial charge in [-0.25, -0.2) is 0 Å². The number of aryl methyl sites for hydroxylation is 2. The topological polar surface area (TPSA) is 13.1 Å². The van der Waals surface area contributed by atoms with Crippen LogP contribution in [0.5, 0.6) is 0 Å².